The van der Waals surface area contributed by atoms with Gasteiger partial charge in [0, 0.05) is 31.5 Å². The van der Waals surface area contributed by atoms with Gasteiger partial charge in [0.25, 0.3) is 11.5 Å². The Morgan fingerprint density at radius 2 is 2.03 bits per heavy atom. The Kier molecular flexibility index (Phi) is 4.98. The van der Waals surface area contributed by atoms with Crippen molar-refractivity contribution in [1.82, 2.24) is 24.4 Å². The summed E-state index contributed by atoms with van der Waals surface area (Å²) in [6.07, 6.45) is 3.01. The average Bonchev–Trinajstić information content (AvgIpc) is 3.19. The Hall–Kier alpha value is -3.33. The van der Waals surface area contributed by atoms with Gasteiger partial charge >= 0.3 is 0 Å². The van der Waals surface area contributed by atoms with Crippen LogP contribution in [0.1, 0.15) is 23.0 Å². The number of nitrogens with zero attached hydrogens (tertiary/aromatic N) is 4. The van der Waals surface area contributed by atoms with E-state index in [9.17, 15) is 14.4 Å². The molecule has 0 aliphatic carbocycles. The van der Waals surface area contributed by atoms with E-state index in [1.807, 2.05) is 19.2 Å². The second kappa shape index (κ2) is 7.59. The molecule has 0 atom stereocenters. The minimum atomic E-state index is -0.474. The van der Waals surface area contributed by atoms with Crippen LogP contribution < -0.4 is 16.3 Å². The lowest BCUT2D eigenvalue weighted by Gasteiger charge is -2.12. The number of hydrogen-bond acceptors (Lipinski definition) is 6. The molecule has 8 nitrogen and oxygen atoms in total. The van der Waals surface area contributed by atoms with E-state index in [1.165, 1.54) is 28.4 Å². The van der Waals surface area contributed by atoms with Crippen molar-refractivity contribution in [3.63, 3.8) is 0 Å². The second-order valence-electron chi connectivity index (χ2n) is 6.62. The molecule has 0 saturated carbocycles. The lowest BCUT2D eigenvalue weighted by atomic mass is 10.1. The van der Waals surface area contributed by atoms with Crippen molar-refractivity contribution in [1.29, 1.82) is 0 Å². The van der Waals surface area contributed by atoms with Crippen LogP contribution in [0, 0.1) is 6.92 Å². The maximum atomic E-state index is 12.8. The molecule has 9 heteroatoms. The molecule has 29 heavy (non-hydrogen) atoms. The van der Waals surface area contributed by atoms with Gasteiger partial charge in [-0.3, -0.25) is 19.0 Å². The van der Waals surface area contributed by atoms with E-state index in [4.69, 9.17) is 0 Å². The lowest BCUT2D eigenvalue weighted by molar-refractivity contribution is 0.0950. The van der Waals surface area contributed by atoms with Gasteiger partial charge in [-0.05, 0) is 37.4 Å². The van der Waals surface area contributed by atoms with Gasteiger partial charge in [-0.2, -0.15) is 0 Å². The van der Waals surface area contributed by atoms with Crippen molar-refractivity contribution < 1.29 is 4.79 Å². The molecule has 4 rings (SSSR count). The largest absolute Gasteiger partial charge is 0.350 e. The number of nitrogens with one attached hydrogen (secondary N) is 1. The zero-order valence-corrected chi connectivity index (χ0v) is 16.8. The third-order valence-electron chi connectivity index (χ3n) is 4.72. The maximum absolute atomic E-state index is 12.8. The van der Waals surface area contributed by atoms with E-state index in [0.717, 1.165) is 5.69 Å². The van der Waals surface area contributed by atoms with E-state index >= 15 is 0 Å². The number of amides is 1. The monoisotopic (exact) mass is 409 g/mol. The highest BCUT2D eigenvalue weighted by Crippen LogP contribution is 2.13. The highest BCUT2D eigenvalue weighted by atomic mass is 32.1. The van der Waals surface area contributed by atoms with Gasteiger partial charge in [0.15, 0.2) is 0 Å². The Balaban J connectivity index is 1.56. The summed E-state index contributed by atoms with van der Waals surface area (Å²) in [6.45, 7) is 4.83. The fourth-order valence-electron chi connectivity index (χ4n) is 3.19. The van der Waals surface area contributed by atoms with E-state index in [0.29, 0.717) is 27.8 Å². The summed E-state index contributed by atoms with van der Waals surface area (Å²) in [7, 11) is 0. The normalized spacial score (nSPS) is 11.2. The molecule has 4 aromatic heterocycles. The molecule has 1 N–H and O–H groups in total. The molecule has 148 valence electrons. The summed E-state index contributed by atoms with van der Waals surface area (Å²) >= 11 is 1.34. The first-order valence-electron chi connectivity index (χ1n) is 9.21. The number of thiophene rings is 1. The minimum Gasteiger partial charge on any atom is -0.350 e. The van der Waals surface area contributed by atoms with Crippen LogP contribution in [0.4, 0.5) is 0 Å². The molecule has 0 aromatic carbocycles. The Morgan fingerprint density at radius 1 is 1.21 bits per heavy atom. The number of aromatic nitrogens is 4. The summed E-state index contributed by atoms with van der Waals surface area (Å²) in [5.74, 6) is -0.474. The molecule has 0 spiro atoms. The summed E-state index contributed by atoms with van der Waals surface area (Å²) in [6, 6.07) is 5.25. The fourth-order valence-corrected chi connectivity index (χ4v) is 3.98. The summed E-state index contributed by atoms with van der Waals surface area (Å²) < 4.78 is 3.83. The second-order valence-corrected chi connectivity index (χ2v) is 7.53. The van der Waals surface area contributed by atoms with Crippen molar-refractivity contribution in [2.24, 2.45) is 0 Å². The van der Waals surface area contributed by atoms with Gasteiger partial charge in [0.2, 0.25) is 5.43 Å². The first-order valence-corrected chi connectivity index (χ1v) is 10.1. The number of pyridine rings is 2. The number of aryl methyl sites for hydroxylation is 2. The smallest absolute Gasteiger partial charge is 0.271 e. The van der Waals surface area contributed by atoms with Crippen LogP contribution >= 0.6 is 11.3 Å². The van der Waals surface area contributed by atoms with Crippen LogP contribution in [-0.4, -0.2) is 31.6 Å². The number of carbonyl (C=O) groups excluding carboxylic acids is 1. The molecule has 0 aliphatic heterocycles. The molecule has 4 aromatic rings. The predicted molar refractivity (Wildman–Crippen MR) is 113 cm³/mol. The van der Waals surface area contributed by atoms with Crippen LogP contribution in [0.25, 0.3) is 21.3 Å². The van der Waals surface area contributed by atoms with Crippen LogP contribution in [0.15, 0.2) is 45.7 Å². The highest BCUT2D eigenvalue weighted by molar-refractivity contribution is 7.17. The van der Waals surface area contributed by atoms with Crippen molar-refractivity contribution in [2.45, 2.75) is 26.9 Å². The lowest BCUT2D eigenvalue weighted by Crippen LogP contribution is -2.34. The summed E-state index contributed by atoms with van der Waals surface area (Å²) in [4.78, 5) is 46.5. The Bertz CT molecular complexity index is 1350. The van der Waals surface area contributed by atoms with Gasteiger partial charge in [-0.15, -0.1) is 11.3 Å². The molecule has 0 fully saturated rings. The van der Waals surface area contributed by atoms with Crippen molar-refractivity contribution in [3.8, 4) is 0 Å². The van der Waals surface area contributed by atoms with E-state index in [1.54, 1.807) is 22.8 Å². The predicted octanol–water partition coefficient (Wildman–Crippen LogP) is 1.93. The molecule has 0 aliphatic rings. The zero-order chi connectivity index (χ0) is 20.5. The number of carbonyl (C=O) groups is 1. The summed E-state index contributed by atoms with van der Waals surface area (Å²) in [5, 5.41) is 4.96. The zero-order valence-electron chi connectivity index (χ0n) is 16.0. The maximum Gasteiger partial charge on any atom is 0.271 e. The van der Waals surface area contributed by atoms with Crippen molar-refractivity contribution in [3.05, 3.63) is 67.9 Å². The first kappa shape index (κ1) is 19.0. The summed E-state index contributed by atoms with van der Waals surface area (Å²) in [5.41, 5.74) is 1.60. The van der Waals surface area contributed by atoms with E-state index < -0.39 is 5.91 Å². The average molecular weight is 409 g/mol. The van der Waals surface area contributed by atoms with Crippen LogP contribution in [0.2, 0.25) is 0 Å². The topological polar surface area (TPSA) is 98.9 Å². The van der Waals surface area contributed by atoms with Crippen LogP contribution in [0.3, 0.4) is 0 Å². The standard InChI is InChI=1S/C20H19N5O3S/c1-3-24-10-14(16(26)13-5-4-12(2)23-18(13)24)19(27)21-7-8-25-11-22-15-6-9-29-17(15)20(25)28/h4-6,9-11H,3,7-8H2,1-2H3,(H,21,27). The van der Waals surface area contributed by atoms with Gasteiger partial charge in [-0.1, -0.05) is 0 Å². The number of hydrogen-bond donors (Lipinski definition) is 1. The Morgan fingerprint density at radius 3 is 2.83 bits per heavy atom. The molecular weight excluding hydrogens is 390 g/mol. The van der Waals surface area contributed by atoms with Crippen LogP contribution in [-0.2, 0) is 13.1 Å². The number of rotatable bonds is 5. The molecular formula is C20H19N5O3S. The number of fused-ring (bicyclic) bond motifs is 2. The van der Waals surface area contributed by atoms with Crippen LogP contribution in [0.5, 0.6) is 0 Å². The van der Waals surface area contributed by atoms with E-state index in [-0.39, 0.29) is 29.6 Å². The molecule has 4 heterocycles. The fraction of sp³-hybridized carbons (Fsp3) is 0.250. The van der Waals surface area contributed by atoms with Crippen molar-refractivity contribution >= 4 is 38.5 Å². The third kappa shape index (κ3) is 3.44. The highest BCUT2D eigenvalue weighted by Gasteiger charge is 2.16. The first-order chi connectivity index (χ1) is 14.0. The quantitative estimate of drug-likeness (QED) is 0.543. The Labute approximate surface area is 169 Å². The van der Waals surface area contributed by atoms with Gasteiger partial charge in [-0.25, -0.2) is 9.97 Å². The third-order valence-corrected chi connectivity index (χ3v) is 5.61. The van der Waals surface area contributed by atoms with E-state index in [2.05, 4.69) is 15.3 Å². The molecule has 0 saturated heterocycles. The minimum absolute atomic E-state index is 0.0594. The van der Waals surface area contributed by atoms with Gasteiger partial charge in [0.1, 0.15) is 15.9 Å². The molecule has 0 bridgehead atoms. The van der Waals surface area contributed by atoms with Gasteiger partial charge < -0.3 is 9.88 Å². The molecule has 0 unspecified atom stereocenters. The van der Waals surface area contributed by atoms with Crippen molar-refractivity contribution in [2.75, 3.05) is 6.54 Å². The SMILES string of the molecule is CCn1cc(C(=O)NCCn2cnc3ccsc3c2=O)c(=O)c2ccc(C)nc21. The molecule has 1 amide bonds. The van der Waals surface area contributed by atoms with Gasteiger partial charge in [0.05, 0.1) is 17.2 Å². The molecule has 0 radical (unpaired) electrons.